The Kier molecular flexibility index (Phi) is 5.07. The van der Waals surface area contributed by atoms with E-state index in [1.54, 1.807) is 19.1 Å². The summed E-state index contributed by atoms with van der Waals surface area (Å²) in [5.41, 5.74) is -3.11. The van der Waals surface area contributed by atoms with E-state index in [2.05, 4.69) is 20.5 Å². The second-order valence-electron chi connectivity index (χ2n) is 6.07. The summed E-state index contributed by atoms with van der Waals surface area (Å²) in [5.74, 6) is -0.126. The highest BCUT2D eigenvalue weighted by Gasteiger charge is 2.37. The van der Waals surface area contributed by atoms with Gasteiger partial charge in [0, 0.05) is 16.8 Å². The molecular formula is C18H12F6N4O. The summed E-state index contributed by atoms with van der Waals surface area (Å²) >= 11 is 0. The van der Waals surface area contributed by atoms with Crippen LogP contribution >= 0.6 is 0 Å². The topological polar surface area (TPSA) is 70.7 Å². The number of H-pyrrole nitrogens is 1. The standard InChI is InChI=1S/C18H12F6N4O/c1-9-25-15(28-27-9)10-2-4-14(5-3-10)26-16(29)11-6-12(17(19,20)21)8-13(7-11)18(22,23)24/h2-8H,1H3,(H,26,29)(H,25,27,28). The zero-order valence-corrected chi connectivity index (χ0v) is 14.6. The van der Waals surface area contributed by atoms with Crippen LogP contribution in [0.2, 0.25) is 0 Å². The van der Waals surface area contributed by atoms with Crippen molar-refractivity contribution in [1.29, 1.82) is 0 Å². The monoisotopic (exact) mass is 414 g/mol. The first-order valence-corrected chi connectivity index (χ1v) is 8.04. The number of nitrogens with zero attached hydrogens (tertiary/aromatic N) is 2. The van der Waals surface area contributed by atoms with Gasteiger partial charge in [-0.2, -0.15) is 31.4 Å². The van der Waals surface area contributed by atoms with Crippen molar-refractivity contribution in [3.63, 3.8) is 0 Å². The van der Waals surface area contributed by atoms with Crippen LogP contribution in [0.3, 0.4) is 0 Å². The maximum absolute atomic E-state index is 12.9. The Morgan fingerprint density at radius 3 is 1.93 bits per heavy atom. The van der Waals surface area contributed by atoms with Crippen molar-refractivity contribution in [3.05, 3.63) is 65.0 Å². The van der Waals surface area contributed by atoms with Gasteiger partial charge in [0.2, 0.25) is 0 Å². The molecule has 152 valence electrons. The van der Waals surface area contributed by atoms with Crippen LogP contribution in [0.5, 0.6) is 0 Å². The number of hydrogen-bond acceptors (Lipinski definition) is 3. The third kappa shape index (κ3) is 4.73. The van der Waals surface area contributed by atoms with Gasteiger partial charge < -0.3 is 5.32 Å². The highest BCUT2D eigenvalue weighted by Crippen LogP contribution is 2.36. The number of aromatic nitrogens is 3. The molecule has 2 N–H and O–H groups in total. The van der Waals surface area contributed by atoms with Crippen LogP contribution in [0, 0.1) is 6.92 Å². The van der Waals surface area contributed by atoms with Gasteiger partial charge in [-0.1, -0.05) is 0 Å². The molecular weight excluding hydrogens is 402 g/mol. The minimum Gasteiger partial charge on any atom is -0.322 e. The maximum atomic E-state index is 12.9. The second kappa shape index (κ2) is 7.22. The SMILES string of the molecule is Cc1nc(-c2ccc(NC(=O)c3cc(C(F)(F)F)cc(C(F)(F)F)c3)cc2)n[nH]1. The fourth-order valence-electron chi connectivity index (χ4n) is 2.46. The lowest BCUT2D eigenvalue weighted by Crippen LogP contribution is -2.17. The minimum absolute atomic E-state index is 0.0373. The van der Waals surface area contributed by atoms with Crippen LogP contribution in [0.4, 0.5) is 32.0 Å². The summed E-state index contributed by atoms with van der Waals surface area (Å²) in [4.78, 5) is 16.4. The normalized spacial score (nSPS) is 12.1. The van der Waals surface area contributed by atoms with E-state index in [1.807, 2.05) is 0 Å². The average Bonchev–Trinajstić information content (AvgIpc) is 3.07. The van der Waals surface area contributed by atoms with E-state index in [0.29, 0.717) is 29.3 Å². The van der Waals surface area contributed by atoms with Crippen molar-refractivity contribution < 1.29 is 31.1 Å². The number of amides is 1. The molecule has 0 aliphatic carbocycles. The number of hydrogen-bond donors (Lipinski definition) is 2. The number of alkyl halides is 6. The number of benzene rings is 2. The van der Waals surface area contributed by atoms with Crippen LogP contribution in [0.1, 0.15) is 27.3 Å². The molecule has 1 amide bonds. The van der Waals surface area contributed by atoms with Crippen molar-refractivity contribution in [3.8, 4) is 11.4 Å². The number of rotatable bonds is 3. The van der Waals surface area contributed by atoms with Gasteiger partial charge >= 0.3 is 12.4 Å². The van der Waals surface area contributed by atoms with E-state index in [1.165, 1.54) is 12.1 Å². The van der Waals surface area contributed by atoms with E-state index < -0.39 is 35.0 Å². The Bertz CT molecular complexity index is 1010. The summed E-state index contributed by atoms with van der Waals surface area (Å²) in [6.45, 7) is 1.70. The fourth-order valence-corrected chi connectivity index (χ4v) is 2.46. The highest BCUT2D eigenvalue weighted by atomic mass is 19.4. The molecule has 0 radical (unpaired) electrons. The lowest BCUT2D eigenvalue weighted by atomic mass is 10.0. The van der Waals surface area contributed by atoms with Crippen LogP contribution < -0.4 is 5.32 Å². The molecule has 0 saturated heterocycles. The summed E-state index contributed by atoms with van der Waals surface area (Å²) in [6.07, 6.45) is -10.1. The first-order valence-electron chi connectivity index (χ1n) is 8.04. The zero-order valence-electron chi connectivity index (χ0n) is 14.6. The molecule has 0 aliphatic heterocycles. The average molecular weight is 414 g/mol. The van der Waals surface area contributed by atoms with Gasteiger partial charge in [0.25, 0.3) is 5.91 Å². The number of carbonyl (C=O) groups excluding carboxylic acids is 1. The molecule has 0 fully saturated rings. The predicted molar refractivity (Wildman–Crippen MR) is 91.0 cm³/mol. The Morgan fingerprint density at radius 2 is 1.48 bits per heavy atom. The molecule has 0 saturated carbocycles. The van der Waals surface area contributed by atoms with E-state index >= 15 is 0 Å². The Balaban J connectivity index is 1.86. The maximum Gasteiger partial charge on any atom is 0.416 e. The van der Waals surface area contributed by atoms with Crippen LogP contribution in [0.25, 0.3) is 11.4 Å². The molecule has 0 atom stereocenters. The first-order chi connectivity index (χ1) is 13.4. The fraction of sp³-hybridized carbons (Fsp3) is 0.167. The number of anilines is 1. The Hall–Kier alpha value is -3.37. The van der Waals surface area contributed by atoms with Gasteiger partial charge in [-0.3, -0.25) is 9.89 Å². The van der Waals surface area contributed by atoms with Crippen molar-refractivity contribution in [1.82, 2.24) is 15.2 Å². The molecule has 29 heavy (non-hydrogen) atoms. The Morgan fingerprint density at radius 1 is 0.931 bits per heavy atom. The van der Waals surface area contributed by atoms with E-state index in [-0.39, 0.29) is 11.8 Å². The minimum atomic E-state index is -5.04. The van der Waals surface area contributed by atoms with Crippen LogP contribution in [-0.4, -0.2) is 21.1 Å². The van der Waals surface area contributed by atoms with Gasteiger partial charge in [0.15, 0.2) is 5.82 Å². The molecule has 1 heterocycles. The molecule has 3 rings (SSSR count). The quantitative estimate of drug-likeness (QED) is 0.588. The lowest BCUT2D eigenvalue weighted by molar-refractivity contribution is -0.143. The van der Waals surface area contributed by atoms with Crippen LogP contribution in [-0.2, 0) is 12.4 Å². The molecule has 0 spiro atoms. The highest BCUT2D eigenvalue weighted by molar-refractivity contribution is 6.04. The van der Waals surface area contributed by atoms with Crippen molar-refractivity contribution >= 4 is 11.6 Å². The molecule has 0 bridgehead atoms. The second-order valence-corrected chi connectivity index (χ2v) is 6.07. The number of carbonyl (C=O) groups is 1. The summed E-state index contributed by atoms with van der Waals surface area (Å²) in [7, 11) is 0. The van der Waals surface area contributed by atoms with Crippen LogP contribution in [0.15, 0.2) is 42.5 Å². The largest absolute Gasteiger partial charge is 0.416 e. The molecule has 1 aromatic heterocycles. The van der Waals surface area contributed by atoms with Gasteiger partial charge in [0.1, 0.15) is 5.82 Å². The first kappa shape index (κ1) is 20.4. The van der Waals surface area contributed by atoms with Gasteiger partial charge in [-0.25, -0.2) is 4.98 Å². The van der Waals surface area contributed by atoms with E-state index in [0.717, 1.165) is 0 Å². The van der Waals surface area contributed by atoms with Crippen molar-refractivity contribution in [2.24, 2.45) is 0 Å². The van der Waals surface area contributed by atoms with Gasteiger partial charge in [-0.05, 0) is 49.4 Å². The third-order valence-corrected chi connectivity index (χ3v) is 3.85. The smallest absolute Gasteiger partial charge is 0.322 e. The molecule has 0 unspecified atom stereocenters. The van der Waals surface area contributed by atoms with Crippen molar-refractivity contribution in [2.75, 3.05) is 5.32 Å². The molecule has 5 nitrogen and oxygen atoms in total. The third-order valence-electron chi connectivity index (χ3n) is 3.85. The van der Waals surface area contributed by atoms with Gasteiger partial charge in [-0.15, -0.1) is 0 Å². The summed E-state index contributed by atoms with van der Waals surface area (Å²) < 4.78 is 77.5. The van der Waals surface area contributed by atoms with Crippen molar-refractivity contribution in [2.45, 2.75) is 19.3 Å². The summed E-state index contributed by atoms with van der Waals surface area (Å²) in [6, 6.07) is 6.65. The van der Waals surface area contributed by atoms with E-state index in [9.17, 15) is 31.1 Å². The predicted octanol–water partition coefficient (Wildman–Crippen LogP) is 5.07. The summed E-state index contributed by atoms with van der Waals surface area (Å²) in [5, 5.41) is 8.89. The van der Waals surface area contributed by atoms with Gasteiger partial charge in [0.05, 0.1) is 11.1 Å². The molecule has 3 aromatic rings. The molecule has 0 aliphatic rings. The lowest BCUT2D eigenvalue weighted by Gasteiger charge is -2.14. The molecule has 2 aromatic carbocycles. The number of aryl methyl sites for hydroxylation is 1. The number of aromatic amines is 1. The number of halogens is 6. The zero-order chi connectivity index (χ0) is 21.4. The van der Waals surface area contributed by atoms with E-state index in [4.69, 9.17) is 0 Å². The number of nitrogens with one attached hydrogen (secondary N) is 2. The Labute approximate surface area is 159 Å². The molecule has 11 heteroatoms.